The SMILES string of the molecule is Cn1nc(C(=O)NC2CCN(CC3CCCC3)CC2)c2ccccc2c1=O. The van der Waals surface area contributed by atoms with E-state index < -0.39 is 0 Å². The van der Waals surface area contributed by atoms with Crippen LogP contribution in [0.25, 0.3) is 10.8 Å². The zero-order chi connectivity index (χ0) is 18.8. The van der Waals surface area contributed by atoms with Crippen molar-refractivity contribution in [2.45, 2.75) is 44.6 Å². The summed E-state index contributed by atoms with van der Waals surface area (Å²) < 4.78 is 1.25. The van der Waals surface area contributed by atoms with Crippen LogP contribution in [-0.2, 0) is 7.05 Å². The van der Waals surface area contributed by atoms with Gasteiger partial charge in [0.25, 0.3) is 11.5 Å². The fraction of sp³-hybridized carbons (Fsp3) is 0.571. The van der Waals surface area contributed by atoms with Gasteiger partial charge in [0, 0.05) is 38.1 Å². The van der Waals surface area contributed by atoms with E-state index in [1.807, 2.05) is 12.1 Å². The standard InChI is InChI=1S/C21H28N4O2/c1-24-21(27)18-9-5-4-8-17(18)19(23-24)20(26)22-16-10-12-25(13-11-16)14-15-6-2-3-7-15/h4-5,8-9,15-16H,2-3,6-7,10-14H2,1H3,(H,22,26). The second-order valence-corrected chi connectivity index (χ2v) is 8.02. The van der Waals surface area contributed by atoms with Crippen molar-refractivity contribution in [3.05, 3.63) is 40.3 Å². The van der Waals surface area contributed by atoms with E-state index in [0.29, 0.717) is 16.5 Å². The summed E-state index contributed by atoms with van der Waals surface area (Å²) in [5.41, 5.74) is 0.156. The second-order valence-electron chi connectivity index (χ2n) is 8.02. The minimum absolute atomic E-state index is 0.176. The molecule has 0 radical (unpaired) electrons. The van der Waals surface area contributed by atoms with Gasteiger partial charge in [-0.2, -0.15) is 5.10 Å². The lowest BCUT2D eigenvalue weighted by Crippen LogP contribution is -2.46. The molecule has 1 amide bonds. The number of nitrogens with one attached hydrogen (secondary N) is 1. The summed E-state index contributed by atoms with van der Waals surface area (Å²) >= 11 is 0. The van der Waals surface area contributed by atoms with Crippen LogP contribution >= 0.6 is 0 Å². The minimum atomic E-state index is -0.184. The Morgan fingerprint density at radius 2 is 1.78 bits per heavy atom. The lowest BCUT2D eigenvalue weighted by atomic mass is 10.0. The van der Waals surface area contributed by atoms with Crippen LogP contribution in [0.15, 0.2) is 29.1 Å². The molecular weight excluding hydrogens is 340 g/mol. The van der Waals surface area contributed by atoms with E-state index in [-0.39, 0.29) is 17.5 Å². The van der Waals surface area contributed by atoms with Gasteiger partial charge in [-0.3, -0.25) is 9.59 Å². The van der Waals surface area contributed by atoms with Crippen molar-refractivity contribution in [1.82, 2.24) is 20.0 Å². The molecule has 144 valence electrons. The number of likely N-dealkylation sites (tertiary alicyclic amines) is 1. The number of rotatable bonds is 4. The van der Waals surface area contributed by atoms with E-state index in [0.717, 1.165) is 31.8 Å². The third-order valence-corrected chi connectivity index (χ3v) is 6.09. The number of aryl methyl sites for hydroxylation is 1. The zero-order valence-corrected chi connectivity index (χ0v) is 16.0. The second kappa shape index (κ2) is 7.80. The van der Waals surface area contributed by atoms with Gasteiger partial charge in [-0.25, -0.2) is 4.68 Å². The van der Waals surface area contributed by atoms with Crippen molar-refractivity contribution in [2.24, 2.45) is 13.0 Å². The first kappa shape index (κ1) is 18.2. The number of carbonyl (C=O) groups excluding carboxylic acids is 1. The van der Waals surface area contributed by atoms with Crippen LogP contribution in [0.4, 0.5) is 0 Å². The Morgan fingerprint density at radius 1 is 1.11 bits per heavy atom. The van der Waals surface area contributed by atoms with Crippen molar-refractivity contribution in [2.75, 3.05) is 19.6 Å². The molecule has 4 rings (SSSR count). The molecule has 0 unspecified atom stereocenters. The van der Waals surface area contributed by atoms with Gasteiger partial charge < -0.3 is 10.2 Å². The summed E-state index contributed by atoms with van der Waals surface area (Å²) in [6.45, 7) is 3.31. The van der Waals surface area contributed by atoms with E-state index in [1.165, 1.54) is 36.9 Å². The van der Waals surface area contributed by atoms with Gasteiger partial charge >= 0.3 is 0 Å². The molecule has 0 atom stereocenters. The van der Waals surface area contributed by atoms with E-state index in [4.69, 9.17) is 0 Å². The maximum absolute atomic E-state index is 12.8. The van der Waals surface area contributed by atoms with E-state index in [1.54, 1.807) is 19.2 Å². The van der Waals surface area contributed by atoms with Crippen molar-refractivity contribution in [3.63, 3.8) is 0 Å². The average Bonchev–Trinajstić information content (AvgIpc) is 3.19. The number of nitrogens with zero attached hydrogens (tertiary/aromatic N) is 3. The Balaban J connectivity index is 1.41. The Bertz CT molecular complexity index is 877. The normalized spacial score (nSPS) is 19.6. The molecule has 6 heteroatoms. The van der Waals surface area contributed by atoms with Crippen LogP contribution in [-0.4, -0.2) is 46.3 Å². The van der Waals surface area contributed by atoms with Gasteiger partial charge in [0.2, 0.25) is 0 Å². The molecule has 27 heavy (non-hydrogen) atoms. The predicted molar refractivity (Wildman–Crippen MR) is 106 cm³/mol. The first-order valence-electron chi connectivity index (χ1n) is 10.1. The Labute approximate surface area is 159 Å². The van der Waals surface area contributed by atoms with Crippen LogP contribution in [0.3, 0.4) is 0 Å². The molecule has 0 spiro atoms. The summed E-state index contributed by atoms with van der Waals surface area (Å²) in [7, 11) is 1.59. The van der Waals surface area contributed by atoms with Crippen LogP contribution in [0.1, 0.15) is 49.0 Å². The van der Waals surface area contributed by atoms with Crippen LogP contribution < -0.4 is 10.9 Å². The number of amides is 1. The number of carbonyl (C=O) groups is 1. The summed E-state index contributed by atoms with van der Waals surface area (Å²) in [5.74, 6) is 0.688. The van der Waals surface area contributed by atoms with Gasteiger partial charge in [-0.1, -0.05) is 31.0 Å². The van der Waals surface area contributed by atoms with E-state index in [2.05, 4.69) is 15.3 Å². The molecule has 0 bridgehead atoms. The molecule has 2 aliphatic rings. The summed E-state index contributed by atoms with van der Waals surface area (Å²) in [6, 6.07) is 7.36. The number of benzene rings is 1. The number of aromatic nitrogens is 2. The van der Waals surface area contributed by atoms with Crippen molar-refractivity contribution < 1.29 is 4.79 Å². The van der Waals surface area contributed by atoms with Gasteiger partial charge in [0.15, 0.2) is 5.69 Å². The molecular formula is C21H28N4O2. The smallest absolute Gasteiger partial charge is 0.274 e. The number of hydrogen-bond acceptors (Lipinski definition) is 4. The number of piperidine rings is 1. The van der Waals surface area contributed by atoms with Crippen molar-refractivity contribution >= 4 is 16.7 Å². The Kier molecular flexibility index (Phi) is 5.25. The lowest BCUT2D eigenvalue weighted by molar-refractivity contribution is 0.0900. The van der Waals surface area contributed by atoms with Gasteiger partial charge in [-0.15, -0.1) is 0 Å². The largest absolute Gasteiger partial charge is 0.348 e. The first-order chi connectivity index (χ1) is 13.1. The van der Waals surface area contributed by atoms with Crippen LogP contribution in [0, 0.1) is 5.92 Å². The third-order valence-electron chi connectivity index (χ3n) is 6.09. The van der Waals surface area contributed by atoms with Crippen molar-refractivity contribution in [3.8, 4) is 0 Å². The van der Waals surface area contributed by atoms with Crippen LogP contribution in [0.2, 0.25) is 0 Å². The average molecular weight is 368 g/mol. The molecule has 6 nitrogen and oxygen atoms in total. The predicted octanol–water partition coefficient (Wildman–Crippen LogP) is 2.32. The molecule has 2 aromatic rings. The summed E-state index contributed by atoms with van der Waals surface area (Å²) in [4.78, 5) is 27.6. The number of hydrogen-bond donors (Lipinski definition) is 1. The monoisotopic (exact) mass is 368 g/mol. The zero-order valence-electron chi connectivity index (χ0n) is 16.0. The third kappa shape index (κ3) is 3.90. The highest BCUT2D eigenvalue weighted by Gasteiger charge is 2.25. The highest BCUT2D eigenvalue weighted by molar-refractivity contribution is 6.04. The minimum Gasteiger partial charge on any atom is -0.348 e. The highest BCUT2D eigenvalue weighted by Crippen LogP contribution is 2.26. The Hall–Kier alpha value is -2.21. The lowest BCUT2D eigenvalue weighted by Gasteiger charge is -2.33. The molecule has 1 saturated heterocycles. The maximum Gasteiger partial charge on any atom is 0.274 e. The maximum atomic E-state index is 12.8. The molecule has 1 N–H and O–H groups in total. The molecule has 2 fully saturated rings. The van der Waals surface area contributed by atoms with Crippen molar-refractivity contribution in [1.29, 1.82) is 0 Å². The van der Waals surface area contributed by atoms with Gasteiger partial charge in [-0.05, 0) is 37.7 Å². The van der Waals surface area contributed by atoms with Gasteiger partial charge in [0.1, 0.15) is 0 Å². The fourth-order valence-corrected chi connectivity index (χ4v) is 4.54. The first-order valence-corrected chi connectivity index (χ1v) is 10.1. The summed E-state index contributed by atoms with van der Waals surface area (Å²) in [6.07, 6.45) is 7.48. The van der Waals surface area contributed by atoms with E-state index >= 15 is 0 Å². The fourth-order valence-electron chi connectivity index (χ4n) is 4.54. The summed E-state index contributed by atoms with van der Waals surface area (Å²) in [5, 5.41) is 8.53. The molecule has 1 saturated carbocycles. The van der Waals surface area contributed by atoms with E-state index in [9.17, 15) is 9.59 Å². The topological polar surface area (TPSA) is 67.2 Å². The Morgan fingerprint density at radius 3 is 2.48 bits per heavy atom. The molecule has 1 aliphatic carbocycles. The molecule has 1 aromatic heterocycles. The highest BCUT2D eigenvalue weighted by atomic mass is 16.2. The quantitative estimate of drug-likeness (QED) is 0.899. The molecule has 1 aromatic carbocycles. The van der Waals surface area contributed by atoms with Crippen LogP contribution in [0.5, 0.6) is 0 Å². The number of fused-ring (bicyclic) bond motifs is 1. The molecule has 2 heterocycles. The molecule has 1 aliphatic heterocycles. The van der Waals surface area contributed by atoms with Gasteiger partial charge in [0.05, 0.1) is 5.39 Å².